The summed E-state index contributed by atoms with van der Waals surface area (Å²) in [5.41, 5.74) is 1.17. The van der Waals surface area contributed by atoms with Crippen molar-refractivity contribution in [1.29, 1.82) is 0 Å². The number of aromatic hydroxyl groups is 1. The lowest BCUT2D eigenvalue weighted by molar-refractivity contribution is -0.122. The molecular weight excluding hydrogens is 156 g/mol. The predicted molar refractivity (Wildman–Crippen MR) is 45.0 cm³/mol. The van der Waals surface area contributed by atoms with Crippen molar-refractivity contribution in [2.45, 2.75) is 6.92 Å². The zero-order valence-electron chi connectivity index (χ0n) is 6.73. The number of hydrogen-bond acceptors (Lipinski definition) is 3. The Labute approximate surface area is 70.6 Å². The van der Waals surface area contributed by atoms with Gasteiger partial charge in [-0.1, -0.05) is 17.7 Å². The van der Waals surface area contributed by atoms with E-state index < -0.39 is 0 Å². The van der Waals surface area contributed by atoms with Gasteiger partial charge in [-0.15, -0.1) is 0 Å². The molecule has 0 aliphatic rings. The topological polar surface area (TPSA) is 54.4 Å². The first-order valence-corrected chi connectivity index (χ1v) is 3.35. The first kappa shape index (κ1) is 10.4. The summed E-state index contributed by atoms with van der Waals surface area (Å²) in [6, 6.07) is 7.09. The quantitative estimate of drug-likeness (QED) is 0.501. The molecule has 3 nitrogen and oxygen atoms in total. The monoisotopic (exact) mass is 166 g/mol. The highest BCUT2D eigenvalue weighted by Gasteiger charge is 1.82. The van der Waals surface area contributed by atoms with Gasteiger partial charge in [-0.3, -0.25) is 9.59 Å². The molecule has 0 saturated carbocycles. The van der Waals surface area contributed by atoms with E-state index in [1.54, 1.807) is 12.1 Å². The number of rotatable bonds is 1. The van der Waals surface area contributed by atoms with Gasteiger partial charge in [0.15, 0.2) is 12.6 Å². The molecule has 0 saturated heterocycles. The van der Waals surface area contributed by atoms with E-state index in [1.807, 2.05) is 19.1 Å². The van der Waals surface area contributed by atoms with Crippen LogP contribution in [0.2, 0.25) is 0 Å². The summed E-state index contributed by atoms with van der Waals surface area (Å²) in [4.78, 5) is 17.6. The minimum atomic E-state index is 0.194. The maximum absolute atomic E-state index is 8.81. The zero-order chi connectivity index (χ0) is 9.40. The normalized spacial score (nSPS) is 7.75. The van der Waals surface area contributed by atoms with Crippen molar-refractivity contribution in [3.63, 3.8) is 0 Å². The number of hydrogen-bond donors (Lipinski definition) is 1. The summed E-state index contributed by atoms with van der Waals surface area (Å²) in [7, 11) is 0. The lowest BCUT2D eigenvalue weighted by Crippen LogP contribution is -1.66. The SMILES string of the molecule is Cc1ccc(O)cc1.O=CC=O. The fraction of sp³-hybridized carbons (Fsp3) is 0.111. The third-order valence-electron chi connectivity index (χ3n) is 1.09. The van der Waals surface area contributed by atoms with Crippen LogP contribution >= 0.6 is 0 Å². The van der Waals surface area contributed by atoms with E-state index >= 15 is 0 Å². The first-order chi connectivity index (χ1) is 5.70. The van der Waals surface area contributed by atoms with E-state index in [2.05, 4.69) is 0 Å². The minimum absolute atomic E-state index is 0.194. The maximum Gasteiger partial charge on any atom is 0.182 e. The fourth-order valence-electron chi connectivity index (χ4n) is 0.545. The minimum Gasteiger partial charge on any atom is -0.508 e. The number of phenolic OH excluding ortho intramolecular Hbond substituents is 1. The molecule has 0 fully saturated rings. The Balaban J connectivity index is 0.000000261. The van der Waals surface area contributed by atoms with E-state index in [1.165, 1.54) is 5.56 Å². The Morgan fingerprint density at radius 3 is 1.75 bits per heavy atom. The van der Waals surface area contributed by atoms with Crippen LogP contribution in [0.25, 0.3) is 0 Å². The van der Waals surface area contributed by atoms with Crippen molar-refractivity contribution in [2.24, 2.45) is 0 Å². The molecule has 12 heavy (non-hydrogen) atoms. The van der Waals surface area contributed by atoms with Gasteiger partial charge in [-0.05, 0) is 19.1 Å². The second-order valence-corrected chi connectivity index (χ2v) is 2.11. The van der Waals surface area contributed by atoms with Crippen molar-refractivity contribution in [2.75, 3.05) is 0 Å². The highest BCUT2D eigenvalue weighted by molar-refractivity contribution is 6.09. The molecule has 0 heterocycles. The molecule has 64 valence electrons. The Morgan fingerprint density at radius 1 is 1.08 bits per heavy atom. The number of aryl methyl sites for hydroxylation is 1. The fourth-order valence-corrected chi connectivity index (χ4v) is 0.545. The van der Waals surface area contributed by atoms with Crippen molar-refractivity contribution in [3.05, 3.63) is 29.8 Å². The van der Waals surface area contributed by atoms with E-state index in [0.29, 0.717) is 5.75 Å². The molecule has 0 spiro atoms. The van der Waals surface area contributed by atoms with Crippen LogP contribution in [0.4, 0.5) is 0 Å². The third kappa shape index (κ3) is 5.17. The molecular formula is C9H10O3. The number of phenols is 1. The van der Waals surface area contributed by atoms with Crippen molar-refractivity contribution >= 4 is 12.6 Å². The van der Waals surface area contributed by atoms with E-state index in [4.69, 9.17) is 14.7 Å². The number of aldehydes is 2. The van der Waals surface area contributed by atoms with Crippen molar-refractivity contribution < 1.29 is 14.7 Å². The van der Waals surface area contributed by atoms with Crippen LogP contribution in [-0.4, -0.2) is 17.7 Å². The summed E-state index contributed by atoms with van der Waals surface area (Å²) < 4.78 is 0. The summed E-state index contributed by atoms with van der Waals surface area (Å²) in [5, 5.41) is 8.76. The molecule has 0 amide bonds. The molecule has 1 rings (SSSR count). The van der Waals surface area contributed by atoms with Crippen LogP contribution in [-0.2, 0) is 9.59 Å². The molecule has 1 aromatic rings. The molecule has 0 aliphatic heterocycles. The maximum atomic E-state index is 8.81. The van der Waals surface area contributed by atoms with Gasteiger partial charge in [-0.25, -0.2) is 0 Å². The van der Waals surface area contributed by atoms with Crippen LogP contribution < -0.4 is 0 Å². The Kier molecular flexibility index (Phi) is 5.26. The molecule has 1 N–H and O–H groups in total. The van der Waals surface area contributed by atoms with Crippen LogP contribution in [0.1, 0.15) is 5.56 Å². The lowest BCUT2D eigenvalue weighted by atomic mass is 10.2. The second-order valence-electron chi connectivity index (χ2n) is 2.11. The average Bonchev–Trinajstić information content (AvgIpc) is 2.11. The molecule has 0 unspecified atom stereocenters. The first-order valence-electron chi connectivity index (χ1n) is 3.35. The smallest absolute Gasteiger partial charge is 0.182 e. The molecule has 3 heteroatoms. The largest absolute Gasteiger partial charge is 0.508 e. The molecule has 0 bridgehead atoms. The Morgan fingerprint density at radius 2 is 1.50 bits per heavy atom. The summed E-state index contributed by atoms with van der Waals surface area (Å²) in [6.07, 6.45) is 0.389. The van der Waals surface area contributed by atoms with Gasteiger partial charge in [0.1, 0.15) is 5.75 Å². The molecule has 0 aromatic heterocycles. The van der Waals surface area contributed by atoms with Gasteiger partial charge >= 0.3 is 0 Å². The Hall–Kier alpha value is -1.64. The molecule has 0 atom stereocenters. The van der Waals surface area contributed by atoms with E-state index in [-0.39, 0.29) is 12.6 Å². The third-order valence-corrected chi connectivity index (χ3v) is 1.09. The molecule has 1 aromatic carbocycles. The Bertz CT molecular complexity index is 211. The summed E-state index contributed by atoms with van der Waals surface area (Å²) in [6.45, 7) is 1.99. The number of carbonyl (C=O) groups excluding carboxylic acids is 2. The summed E-state index contributed by atoms with van der Waals surface area (Å²) in [5.74, 6) is 0.329. The van der Waals surface area contributed by atoms with Crippen LogP contribution in [0.5, 0.6) is 5.75 Å². The number of benzene rings is 1. The van der Waals surface area contributed by atoms with Gasteiger partial charge in [0.05, 0.1) is 0 Å². The van der Waals surface area contributed by atoms with Crippen LogP contribution in [0.3, 0.4) is 0 Å². The van der Waals surface area contributed by atoms with Gasteiger partial charge in [0, 0.05) is 0 Å². The second kappa shape index (κ2) is 6.09. The highest BCUT2D eigenvalue weighted by Crippen LogP contribution is 2.07. The van der Waals surface area contributed by atoms with Crippen molar-refractivity contribution in [1.82, 2.24) is 0 Å². The van der Waals surface area contributed by atoms with Gasteiger partial charge in [-0.2, -0.15) is 0 Å². The van der Waals surface area contributed by atoms with Crippen LogP contribution in [0, 0.1) is 6.92 Å². The van der Waals surface area contributed by atoms with Gasteiger partial charge < -0.3 is 5.11 Å². The highest BCUT2D eigenvalue weighted by atomic mass is 16.3. The van der Waals surface area contributed by atoms with Crippen molar-refractivity contribution in [3.8, 4) is 5.75 Å². The van der Waals surface area contributed by atoms with Gasteiger partial charge in [0.25, 0.3) is 0 Å². The predicted octanol–water partition coefficient (Wildman–Crippen LogP) is 1.08. The zero-order valence-corrected chi connectivity index (χ0v) is 6.73. The van der Waals surface area contributed by atoms with Gasteiger partial charge in [0.2, 0.25) is 0 Å². The van der Waals surface area contributed by atoms with E-state index in [9.17, 15) is 0 Å². The molecule has 0 aliphatic carbocycles. The van der Waals surface area contributed by atoms with E-state index in [0.717, 1.165) is 0 Å². The van der Waals surface area contributed by atoms with Crippen LogP contribution in [0.15, 0.2) is 24.3 Å². The summed E-state index contributed by atoms with van der Waals surface area (Å²) >= 11 is 0. The average molecular weight is 166 g/mol. The standard InChI is InChI=1S/C7H8O.C2H2O2/c1-6-2-4-7(8)5-3-6;3-1-2-4/h2-5,8H,1H3;1-2H. The lowest BCUT2D eigenvalue weighted by Gasteiger charge is -1.89. The molecule has 0 radical (unpaired) electrons. The number of carbonyl (C=O) groups is 2.